The standard InChI is InChI=1S/C14H21N3O3S/c1-16(2)14(18)10-17(3)21(19,20)13-8-4-7-12-11(13)6-5-9-15-12/h4,7-8,15H,5-6,9-10H2,1-3H3. The zero-order chi connectivity index (χ0) is 15.6. The predicted octanol–water partition coefficient (Wildman–Crippen LogP) is 0.753. The summed E-state index contributed by atoms with van der Waals surface area (Å²) in [6, 6.07) is 5.22. The lowest BCUT2D eigenvalue weighted by Gasteiger charge is -2.24. The lowest BCUT2D eigenvalue weighted by molar-refractivity contribution is -0.128. The maximum absolute atomic E-state index is 12.7. The van der Waals surface area contributed by atoms with Crippen LogP contribution in [0.2, 0.25) is 0 Å². The molecule has 1 heterocycles. The van der Waals surface area contributed by atoms with Crippen LogP contribution in [0.25, 0.3) is 0 Å². The second kappa shape index (κ2) is 6.03. The predicted molar refractivity (Wildman–Crippen MR) is 81.8 cm³/mol. The van der Waals surface area contributed by atoms with Gasteiger partial charge in [-0.25, -0.2) is 8.42 Å². The molecule has 2 rings (SSSR count). The number of fused-ring (bicyclic) bond motifs is 1. The number of anilines is 1. The van der Waals surface area contributed by atoms with E-state index in [0.29, 0.717) is 4.90 Å². The first-order valence-corrected chi connectivity index (χ1v) is 8.30. The molecule has 7 heteroatoms. The van der Waals surface area contributed by atoms with Gasteiger partial charge in [-0.2, -0.15) is 4.31 Å². The molecule has 0 spiro atoms. The van der Waals surface area contributed by atoms with E-state index >= 15 is 0 Å². The molecule has 0 fully saturated rings. The van der Waals surface area contributed by atoms with Crippen molar-refractivity contribution in [1.29, 1.82) is 0 Å². The fraction of sp³-hybridized carbons (Fsp3) is 0.500. The summed E-state index contributed by atoms with van der Waals surface area (Å²) in [7, 11) is 0.990. The monoisotopic (exact) mass is 311 g/mol. The Morgan fingerprint density at radius 3 is 2.67 bits per heavy atom. The number of likely N-dealkylation sites (N-methyl/N-ethyl adjacent to an activating group) is 2. The average molecular weight is 311 g/mol. The van der Waals surface area contributed by atoms with Crippen LogP contribution in [0.15, 0.2) is 23.1 Å². The number of hydrogen-bond donors (Lipinski definition) is 1. The summed E-state index contributed by atoms with van der Waals surface area (Å²) in [6.45, 7) is 0.692. The summed E-state index contributed by atoms with van der Waals surface area (Å²) in [5.41, 5.74) is 1.68. The molecule has 0 saturated carbocycles. The molecule has 0 atom stereocenters. The molecule has 0 unspecified atom stereocenters. The van der Waals surface area contributed by atoms with Gasteiger partial charge in [-0.1, -0.05) is 6.07 Å². The maximum Gasteiger partial charge on any atom is 0.243 e. The van der Waals surface area contributed by atoms with Crippen LogP contribution in [-0.2, 0) is 21.2 Å². The SMILES string of the molecule is CN(C)C(=O)CN(C)S(=O)(=O)c1cccc2c1CCCN2. The van der Waals surface area contributed by atoms with E-state index in [4.69, 9.17) is 0 Å². The Morgan fingerprint density at radius 1 is 1.29 bits per heavy atom. The third kappa shape index (κ3) is 3.19. The number of sulfonamides is 1. The summed E-state index contributed by atoms with van der Waals surface area (Å²) < 4.78 is 26.5. The molecule has 1 aliphatic heterocycles. The van der Waals surface area contributed by atoms with Crippen molar-refractivity contribution in [3.05, 3.63) is 23.8 Å². The average Bonchev–Trinajstić information content (AvgIpc) is 2.46. The van der Waals surface area contributed by atoms with Crippen LogP contribution in [0.4, 0.5) is 5.69 Å². The van der Waals surface area contributed by atoms with Crippen molar-refractivity contribution in [2.45, 2.75) is 17.7 Å². The first-order chi connectivity index (χ1) is 9.84. The number of amides is 1. The lowest BCUT2D eigenvalue weighted by Crippen LogP contribution is -2.38. The molecule has 0 aliphatic carbocycles. The molecule has 0 aromatic heterocycles. The van der Waals surface area contributed by atoms with E-state index in [1.165, 1.54) is 11.9 Å². The van der Waals surface area contributed by atoms with E-state index in [1.54, 1.807) is 26.2 Å². The van der Waals surface area contributed by atoms with Crippen molar-refractivity contribution in [3.8, 4) is 0 Å². The number of benzene rings is 1. The summed E-state index contributed by atoms with van der Waals surface area (Å²) in [5.74, 6) is -0.246. The molecule has 1 N–H and O–H groups in total. The first kappa shape index (κ1) is 15.8. The van der Waals surface area contributed by atoms with Gasteiger partial charge in [0.15, 0.2) is 0 Å². The molecule has 116 valence electrons. The third-order valence-corrected chi connectivity index (χ3v) is 5.49. The molecule has 6 nitrogen and oxygen atoms in total. The zero-order valence-electron chi connectivity index (χ0n) is 12.6. The number of nitrogens with zero attached hydrogens (tertiary/aromatic N) is 2. The third-order valence-electron chi connectivity index (χ3n) is 3.60. The highest BCUT2D eigenvalue weighted by molar-refractivity contribution is 7.89. The normalized spacial score (nSPS) is 14.5. The molecule has 0 bridgehead atoms. The van der Waals surface area contributed by atoms with E-state index in [1.807, 2.05) is 6.07 Å². The summed E-state index contributed by atoms with van der Waals surface area (Å²) >= 11 is 0. The molecular weight excluding hydrogens is 290 g/mol. The molecule has 0 saturated heterocycles. The summed E-state index contributed by atoms with van der Waals surface area (Å²) in [5, 5.41) is 3.21. The van der Waals surface area contributed by atoms with E-state index in [9.17, 15) is 13.2 Å². The minimum atomic E-state index is -3.66. The van der Waals surface area contributed by atoms with Crippen LogP contribution in [0.3, 0.4) is 0 Å². The van der Waals surface area contributed by atoms with Gasteiger partial charge in [-0.15, -0.1) is 0 Å². The Labute approximate surface area is 125 Å². The maximum atomic E-state index is 12.7. The van der Waals surface area contributed by atoms with Gasteiger partial charge in [0.05, 0.1) is 11.4 Å². The van der Waals surface area contributed by atoms with Crippen LogP contribution < -0.4 is 5.32 Å². The molecule has 21 heavy (non-hydrogen) atoms. The fourth-order valence-electron chi connectivity index (χ4n) is 2.30. The second-order valence-corrected chi connectivity index (χ2v) is 7.38. The van der Waals surface area contributed by atoms with Gasteiger partial charge in [-0.3, -0.25) is 4.79 Å². The second-order valence-electron chi connectivity index (χ2n) is 5.36. The highest BCUT2D eigenvalue weighted by atomic mass is 32.2. The van der Waals surface area contributed by atoms with Crippen LogP contribution in [0, 0.1) is 0 Å². The number of nitrogens with one attached hydrogen (secondary N) is 1. The molecule has 0 radical (unpaired) electrons. The zero-order valence-corrected chi connectivity index (χ0v) is 13.4. The van der Waals surface area contributed by atoms with Crippen molar-refractivity contribution in [2.24, 2.45) is 0 Å². The number of rotatable bonds is 4. The number of carbonyl (C=O) groups is 1. The van der Waals surface area contributed by atoms with Gasteiger partial charge in [-0.05, 0) is 30.5 Å². The Morgan fingerprint density at radius 2 is 2.00 bits per heavy atom. The van der Waals surface area contributed by atoms with Gasteiger partial charge >= 0.3 is 0 Å². The molecule has 1 amide bonds. The smallest absolute Gasteiger partial charge is 0.243 e. The van der Waals surface area contributed by atoms with Gasteiger partial charge < -0.3 is 10.2 Å². The Bertz CT molecular complexity index is 641. The van der Waals surface area contributed by atoms with Gasteiger partial charge in [0.2, 0.25) is 15.9 Å². The van der Waals surface area contributed by atoms with Crippen LogP contribution >= 0.6 is 0 Å². The summed E-state index contributed by atoms with van der Waals surface area (Å²) in [6.07, 6.45) is 1.63. The minimum Gasteiger partial charge on any atom is -0.385 e. The number of carbonyl (C=O) groups excluding carboxylic acids is 1. The molecular formula is C14H21N3O3S. The van der Waals surface area contributed by atoms with Gasteiger partial charge in [0, 0.05) is 33.4 Å². The first-order valence-electron chi connectivity index (χ1n) is 6.86. The Balaban J connectivity index is 2.34. The van der Waals surface area contributed by atoms with E-state index in [-0.39, 0.29) is 12.5 Å². The summed E-state index contributed by atoms with van der Waals surface area (Å²) in [4.78, 5) is 13.4. The minimum absolute atomic E-state index is 0.160. The van der Waals surface area contributed by atoms with Crippen LogP contribution in [0.5, 0.6) is 0 Å². The van der Waals surface area contributed by atoms with Crippen molar-refractivity contribution < 1.29 is 13.2 Å². The van der Waals surface area contributed by atoms with Crippen LogP contribution in [0.1, 0.15) is 12.0 Å². The topological polar surface area (TPSA) is 69.7 Å². The number of hydrogen-bond acceptors (Lipinski definition) is 4. The molecule has 1 aromatic rings. The quantitative estimate of drug-likeness (QED) is 0.891. The fourth-order valence-corrected chi connectivity index (χ4v) is 3.69. The van der Waals surface area contributed by atoms with Crippen molar-refractivity contribution in [3.63, 3.8) is 0 Å². The van der Waals surface area contributed by atoms with Crippen LogP contribution in [-0.4, -0.2) is 57.8 Å². The van der Waals surface area contributed by atoms with Gasteiger partial charge in [0.1, 0.15) is 0 Å². The van der Waals surface area contributed by atoms with Crippen molar-refractivity contribution >= 4 is 21.6 Å². The lowest BCUT2D eigenvalue weighted by atomic mass is 10.0. The van der Waals surface area contributed by atoms with E-state index in [0.717, 1.165) is 34.9 Å². The Kier molecular flexibility index (Phi) is 4.53. The Hall–Kier alpha value is -1.60. The molecule has 1 aliphatic rings. The van der Waals surface area contributed by atoms with Gasteiger partial charge in [0.25, 0.3) is 0 Å². The molecule has 1 aromatic carbocycles. The highest BCUT2D eigenvalue weighted by Gasteiger charge is 2.27. The van der Waals surface area contributed by atoms with Crippen molar-refractivity contribution in [1.82, 2.24) is 9.21 Å². The highest BCUT2D eigenvalue weighted by Crippen LogP contribution is 2.29. The largest absolute Gasteiger partial charge is 0.385 e. The van der Waals surface area contributed by atoms with E-state index < -0.39 is 10.0 Å². The van der Waals surface area contributed by atoms with Crippen molar-refractivity contribution in [2.75, 3.05) is 39.5 Å². The van der Waals surface area contributed by atoms with E-state index in [2.05, 4.69) is 5.32 Å².